The highest BCUT2D eigenvalue weighted by Crippen LogP contribution is 2.33. The molecule has 15 heteroatoms. The van der Waals surface area contributed by atoms with E-state index < -0.39 is 28.2 Å². The number of carbonyl (C=O) groups excluding carboxylic acids is 2. The maximum absolute atomic E-state index is 12.2. The predicted molar refractivity (Wildman–Crippen MR) is 196 cm³/mol. The number of non-ortho nitro benzene ring substituents is 2. The molecule has 0 aromatic heterocycles. The van der Waals surface area contributed by atoms with Gasteiger partial charge in [-0.2, -0.15) is 0 Å². The molecule has 0 unspecified atom stereocenters. The lowest BCUT2D eigenvalue weighted by atomic mass is 9.87. The summed E-state index contributed by atoms with van der Waals surface area (Å²) in [5, 5.41) is 24.9. The van der Waals surface area contributed by atoms with Crippen molar-refractivity contribution in [2.45, 2.75) is 103 Å². The van der Waals surface area contributed by atoms with E-state index >= 15 is 0 Å². The predicted octanol–water partition coefficient (Wildman–Crippen LogP) is 8.20. The zero-order valence-corrected chi connectivity index (χ0v) is 31.4. The number of amides is 2. The van der Waals surface area contributed by atoms with E-state index in [-0.39, 0.29) is 34.6 Å². The summed E-state index contributed by atoms with van der Waals surface area (Å²) < 4.78 is 26.3. The van der Waals surface area contributed by atoms with Crippen molar-refractivity contribution in [1.82, 2.24) is 9.80 Å². The fraction of sp³-hybridized carbons (Fsp3) is 0.611. The Morgan fingerprint density at radius 1 is 0.784 bits per heavy atom. The van der Waals surface area contributed by atoms with Gasteiger partial charge in [-0.3, -0.25) is 24.6 Å². The Morgan fingerprint density at radius 2 is 1.14 bits per heavy atom. The van der Waals surface area contributed by atoms with Crippen LogP contribution in [0.15, 0.2) is 48.5 Å². The lowest BCUT2D eigenvalue weighted by Gasteiger charge is -2.46. The normalized spacial score (nSPS) is 16.9. The second kappa shape index (κ2) is 17.5. The van der Waals surface area contributed by atoms with E-state index in [1.807, 2.05) is 48.6 Å². The minimum Gasteiger partial charge on any atom is -0.444 e. The van der Waals surface area contributed by atoms with Crippen LogP contribution >= 0.6 is 0 Å². The van der Waals surface area contributed by atoms with Crippen LogP contribution in [0.5, 0.6) is 0 Å². The number of carbonyl (C=O) groups is 2. The lowest BCUT2D eigenvalue weighted by Crippen LogP contribution is -2.54. The number of piperidine rings is 2. The fourth-order valence-electron chi connectivity index (χ4n) is 5.59. The highest BCUT2D eigenvalue weighted by molar-refractivity contribution is 5.69. The number of hydrogen-bond donors (Lipinski definition) is 1. The molecule has 2 heterocycles. The van der Waals surface area contributed by atoms with Crippen LogP contribution in [-0.4, -0.2) is 94.5 Å². The van der Waals surface area contributed by atoms with Crippen LogP contribution in [-0.2, 0) is 9.47 Å². The number of nitrogens with one attached hydrogen (secondary N) is 1. The van der Waals surface area contributed by atoms with Crippen LogP contribution in [0.2, 0.25) is 0 Å². The second-order valence-electron chi connectivity index (χ2n) is 15.3. The largest absolute Gasteiger partial charge is 0.444 e. The summed E-state index contributed by atoms with van der Waals surface area (Å²) in [4.78, 5) is 50.6. The molecule has 2 aliphatic rings. The Bertz CT molecular complexity index is 1480. The molecule has 4 rings (SSSR count). The van der Waals surface area contributed by atoms with Gasteiger partial charge in [0.25, 0.3) is 11.4 Å². The van der Waals surface area contributed by atoms with Gasteiger partial charge in [-0.25, -0.2) is 9.59 Å². The summed E-state index contributed by atoms with van der Waals surface area (Å²) in [7, 11) is 0.990. The van der Waals surface area contributed by atoms with Gasteiger partial charge in [0.05, 0.1) is 18.4 Å². The number of nitro groups is 2. The molecule has 51 heavy (non-hydrogen) atoms. The average molecular weight is 720 g/mol. The monoisotopic (exact) mass is 719 g/mol. The molecule has 1 N–H and O–H groups in total. The number of hydrogen-bond acceptors (Lipinski definition) is 10. The van der Waals surface area contributed by atoms with Crippen LogP contribution in [0, 0.1) is 20.2 Å². The Hall–Kier alpha value is -4.69. The van der Waals surface area contributed by atoms with Crippen molar-refractivity contribution in [3.63, 3.8) is 0 Å². The fourth-order valence-corrected chi connectivity index (χ4v) is 5.59. The molecule has 0 spiro atoms. The van der Waals surface area contributed by atoms with E-state index in [1.54, 1.807) is 34.1 Å². The van der Waals surface area contributed by atoms with Crippen LogP contribution < -0.4 is 10.2 Å². The third-order valence-corrected chi connectivity index (χ3v) is 8.79. The zero-order valence-electron chi connectivity index (χ0n) is 32.4. The molecule has 2 saturated heterocycles. The van der Waals surface area contributed by atoms with Gasteiger partial charge in [0.2, 0.25) is 0 Å². The molecule has 0 bridgehead atoms. The molecule has 2 aromatic rings. The third kappa shape index (κ3) is 13.2. The Kier molecular flexibility index (Phi) is 14.0. The van der Waals surface area contributed by atoms with E-state index in [1.165, 1.54) is 24.3 Å². The molecule has 0 saturated carbocycles. The van der Waals surface area contributed by atoms with Gasteiger partial charge in [-0.05, 0) is 105 Å². The van der Waals surface area contributed by atoms with Gasteiger partial charge in [-0.15, -0.1) is 0 Å². The van der Waals surface area contributed by atoms with Crippen LogP contribution in [0.25, 0.3) is 0 Å². The first-order valence-corrected chi connectivity index (χ1v) is 16.8. The number of likely N-dealkylation sites (tertiary alicyclic amines) is 2. The number of benzene rings is 2. The highest BCUT2D eigenvalue weighted by Gasteiger charge is 2.37. The van der Waals surface area contributed by atoms with Gasteiger partial charge >= 0.3 is 12.2 Å². The second-order valence-corrected chi connectivity index (χ2v) is 15.3. The summed E-state index contributed by atoms with van der Waals surface area (Å²) in [6, 6.07) is 13.0. The van der Waals surface area contributed by atoms with Crippen molar-refractivity contribution >= 4 is 34.9 Å². The van der Waals surface area contributed by atoms with Crippen LogP contribution in [0.4, 0.5) is 36.7 Å². The Labute approximate surface area is 302 Å². The smallest absolute Gasteiger partial charge is 0.410 e. The lowest BCUT2D eigenvalue weighted by molar-refractivity contribution is -0.385. The summed E-state index contributed by atoms with van der Waals surface area (Å²) in [5.74, 6) is 0. The van der Waals surface area contributed by atoms with E-state index in [0.717, 1.165) is 37.1 Å². The maximum Gasteiger partial charge on any atom is 0.410 e. The Morgan fingerprint density at radius 3 is 1.49 bits per heavy atom. The van der Waals surface area contributed by atoms with Crippen molar-refractivity contribution in [3.8, 4) is 0 Å². The van der Waals surface area contributed by atoms with Crippen LogP contribution in [0.1, 0.15) is 82.4 Å². The molecular formula is C36H55FN6O8. The van der Waals surface area contributed by atoms with E-state index in [0.29, 0.717) is 26.2 Å². The minimum absolute atomic E-state index is 0.0745. The van der Waals surface area contributed by atoms with Gasteiger partial charge in [0, 0.05) is 79.9 Å². The molecule has 284 valence electrons. The molecule has 2 aliphatic heterocycles. The van der Waals surface area contributed by atoms with Gasteiger partial charge in [-0.1, -0.05) is 0 Å². The first kappa shape index (κ1) is 40.7. The number of nitro benzene ring substituents is 2. The molecule has 0 radical (unpaired) electrons. The Balaban J connectivity index is 0.000000335. The third-order valence-electron chi connectivity index (χ3n) is 8.79. The zero-order chi connectivity index (χ0) is 39.5. The van der Waals surface area contributed by atoms with E-state index in [2.05, 4.69) is 24.1 Å². The number of alkyl halides is 1. The van der Waals surface area contributed by atoms with Crippen molar-refractivity contribution in [2.24, 2.45) is 0 Å². The van der Waals surface area contributed by atoms with Gasteiger partial charge in [0.15, 0.2) is 0 Å². The summed E-state index contributed by atoms with van der Waals surface area (Å²) in [6.45, 7) is 17.9. The average Bonchev–Trinajstić information content (AvgIpc) is 3.04. The quantitative estimate of drug-likeness (QED) is 0.228. The first-order valence-electron chi connectivity index (χ1n) is 17.5. The standard InChI is InChI=1S/C18H27N3O4.C17H25N3O4.CH3F/c1-17(2,3)25-16(22)20-12-10-18(4,11-13-20)19(5)14-6-8-15(9-7-14)21(23)24;1-16(2,3)24-15(21)19-11-9-17(4,10-12-19)18-13-5-7-14(8-6-13)20(22)23;1-2/h6-9H,10-13H2,1-5H3;5-8,18H,9-12H2,1-4H3;1H3/i;;1D. The molecule has 2 fully saturated rings. The number of anilines is 2. The molecule has 14 nitrogen and oxygen atoms in total. The number of nitrogens with zero attached hydrogens (tertiary/aromatic N) is 5. The van der Waals surface area contributed by atoms with E-state index in [9.17, 15) is 34.2 Å². The van der Waals surface area contributed by atoms with Crippen molar-refractivity contribution in [2.75, 3.05) is 50.6 Å². The summed E-state index contributed by atoms with van der Waals surface area (Å²) in [6.07, 6.45) is 2.62. The van der Waals surface area contributed by atoms with Crippen molar-refractivity contribution in [3.05, 3.63) is 68.8 Å². The SMILES string of the molecule is CC1(Nc2ccc([N+](=O)[O-])cc2)CCN(C(=O)OC(C)(C)C)CC1.CN(c1ccc([N+](=O)[O-])cc1)C1(C)CCN(C(=O)OC(C)(C)C)CC1.[2H]CF. The van der Waals surface area contributed by atoms with Crippen molar-refractivity contribution in [1.29, 1.82) is 0 Å². The number of halogens is 1. The molecule has 2 aromatic carbocycles. The van der Waals surface area contributed by atoms with Gasteiger partial charge < -0.3 is 29.5 Å². The minimum atomic E-state index is -1.00. The van der Waals surface area contributed by atoms with Crippen LogP contribution in [0.3, 0.4) is 0 Å². The number of ether oxygens (including phenoxy) is 2. The van der Waals surface area contributed by atoms with Crippen molar-refractivity contribution < 1.29 is 34.7 Å². The molecule has 0 aliphatic carbocycles. The topological polar surface area (TPSA) is 161 Å². The number of rotatable bonds is 6. The maximum atomic E-state index is 12.2. The van der Waals surface area contributed by atoms with Gasteiger partial charge in [0.1, 0.15) is 11.2 Å². The molecular weight excluding hydrogens is 663 g/mol. The highest BCUT2D eigenvalue weighted by atomic mass is 19.1. The summed E-state index contributed by atoms with van der Waals surface area (Å²) >= 11 is 0. The van der Waals surface area contributed by atoms with E-state index in [4.69, 9.17) is 10.8 Å². The molecule has 2 amide bonds. The molecule has 0 atom stereocenters. The summed E-state index contributed by atoms with van der Waals surface area (Å²) in [5.41, 5.74) is 0.672. The first-order chi connectivity index (χ1) is 24.0.